The van der Waals surface area contributed by atoms with E-state index < -0.39 is 0 Å². The lowest BCUT2D eigenvalue weighted by Crippen LogP contribution is -2.08. The Morgan fingerprint density at radius 2 is 2.41 bits per heavy atom. The lowest BCUT2D eigenvalue weighted by molar-refractivity contribution is 0.0978. The van der Waals surface area contributed by atoms with Crippen molar-refractivity contribution in [2.45, 2.75) is 19.4 Å². The van der Waals surface area contributed by atoms with E-state index in [1.54, 1.807) is 23.9 Å². The highest BCUT2D eigenvalue weighted by atomic mass is 32.1. The number of Topliss-reactive ketones (excluding diaryl/α,β-unsaturated/α-hetero) is 1. The van der Waals surface area contributed by atoms with Crippen molar-refractivity contribution in [2.75, 3.05) is 6.54 Å². The van der Waals surface area contributed by atoms with Gasteiger partial charge in [0.25, 0.3) is 0 Å². The molecule has 0 amide bonds. The Balaban J connectivity index is 1.90. The molecule has 4 nitrogen and oxygen atoms in total. The molecule has 0 aliphatic heterocycles. The summed E-state index contributed by atoms with van der Waals surface area (Å²) in [6.07, 6.45) is 4.72. The van der Waals surface area contributed by atoms with E-state index in [-0.39, 0.29) is 5.78 Å². The van der Waals surface area contributed by atoms with Gasteiger partial charge < -0.3 is 10.3 Å². The predicted octanol–water partition coefficient (Wildman–Crippen LogP) is 1.72. The zero-order chi connectivity index (χ0) is 12.1. The van der Waals surface area contributed by atoms with E-state index in [0.29, 0.717) is 25.2 Å². The first-order chi connectivity index (χ1) is 8.29. The molecule has 0 aromatic carbocycles. The van der Waals surface area contributed by atoms with Crippen LogP contribution >= 0.6 is 11.3 Å². The summed E-state index contributed by atoms with van der Waals surface area (Å²) >= 11 is 1.65. The number of thiophene rings is 1. The third-order valence-corrected chi connectivity index (χ3v) is 3.26. The van der Waals surface area contributed by atoms with E-state index >= 15 is 0 Å². The lowest BCUT2D eigenvalue weighted by Gasteiger charge is -1.97. The largest absolute Gasteiger partial charge is 0.335 e. The van der Waals surface area contributed by atoms with Crippen LogP contribution in [0, 0.1) is 0 Å². The van der Waals surface area contributed by atoms with Gasteiger partial charge in [0, 0.05) is 25.7 Å². The maximum absolute atomic E-state index is 11.9. The first kappa shape index (κ1) is 12.0. The van der Waals surface area contributed by atoms with Crippen LogP contribution in [-0.4, -0.2) is 21.9 Å². The van der Waals surface area contributed by atoms with Crippen LogP contribution in [0.1, 0.15) is 22.5 Å². The first-order valence-corrected chi connectivity index (χ1v) is 6.50. The van der Waals surface area contributed by atoms with E-state index in [9.17, 15) is 4.79 Å². The second-order valence-electron chi connectivity index (χ2n) is 3.84. The van der Waals surface area contributed by atoms with Gasteiger partial charge in [0.2, 0.25) is 0 Å². The molecular formula is C12H15N3OS. The van der Waals surface area contributed by atoms with Crippen LogP contribution in [0.5, 0.6) is 0 Å². The minimum Gasteiger partial charge on any atom is -0.335 e. The topological polar surface area (TPSA) is 60.9 Å². The maximum atomic E-state index is 11.9. The molecule has 0 saturated heterocycles. The number of hydrogen-bond donors (Lipinski definition) is 1. The van der Waals surface area contributed by atoms with E-state index in [0.717, 1.165) is 6.42 Å². The smallest absolute Gasteiger partial charge is 0.183 e. The Labute approximate surface area is 104 Å². The zero-order valence-corrected chi connectivity index (χ0v) is 10.3. The normalized spacial score (nSPS) is 10.6. The predicted molar refractivity (Wildman–Crippen MR) is 68.3 cm³/mol. The quantitative estimate of drug-likeness (QED) is 0.793. The molecule has 5 heteroatoms. The lowest BCUT2D eigenvalue weighted by atomic mass is 10.1. The highest BCUT2D eigenvalue weighted by molar-refractivity contribution is 7.07. The number of hydrogen-bond acceptors (Lipinski definition) is 4. The number of aryl methyl sites for hydroxylation is 1. The van der Waals surface area contributed by atoms with Crippen LogP contribution in [0.4, 0.5) is 0 Å². The molecule has 0 aliphatic rings. The van der Waals surface area contributed by atoms with Gasteiger partial charge in [-0.25, -0.2) is 4.98 Å². The average Bonchev–Trinajstić information content (AvgIpc) is 2.97. The summed E-state index contributed by atoms with van der Waals surface area (Å²) in [7, 11) is 0. The van der Waals surface area contributed by atoms with Gasteiger partial charge >= 0.3 is 0 Å². The Bertz CT molecular complexity index is 476. The van der Waals surface area contributed by atoms with Crippen LogP contribution in [-0.2, 0) is 13.0 Å². The Morgan fingerprint density at radius 1 is 1.53 bits per heavy atom. The van der Waals surface area contributed by atoms with E-state index in [1.807, 2.05) is 16.0 Å². The fourth-order valence-corrected chi connectivity index (χ4v) is 2.30. The maximum Gasteiger partial charge on any atom is 0.183 e. The van der Waals surface area contributed by atoms with Crippen LogP contribution in [0.3, 0.4) is 0 Å². The molecule has 0 atom stereocenters. The molecule has 0 unspecified atom stereocenters. The third-order valence-electron chi connectivity index (χ3n) is 2.53. The minimum atomic E-state index is 0.0898. The van der Waals surface area contributed by atoms with Crippen LogP contribution in [0.25, 0.3) is 0 Å². The first-order valence-electron chi connectivity index (χ1n) is 5.55. The fourth-order valence-electron chi connectivity index (χ4n) is 1.60. The molecule has 0 spiro atoms. The van der Waals surface area contributed by atoms with Crippen molar-refractivity contribution in [3.8, 4) is 0 Å². The molecule has 0 radical (unpaired) electrons. The third kappa shape index (κ3) is 3.25. The summed E-state index contributed by atoms with van der Waals surface area (Å²) in [6.45, 7) is 1.25. The van der Waals surface area contributed by atoms with Crippen molar-refractivity contribution in [2.24, 2.45) is 5.73 Å². The number of nitrogens with two attached hydrogens (primary N) is 1. The molecule has 0 fully saturated rings. The number of carbonyl (C=O) groups excluding carboxylic acids is 1. The molecule has 17 heavy (non-hydrogen) atoms. The molecule has 0 aliphatic carbocycles. The molecule has 2 rings (SSSR count). The van der Waals surface area contributed by atoms with Crippen molar-refractivity contribution >= 4 is 17.1 Å². The Morgan fingerprint density at radius 3 is 3.12 bits per heavy atom. The Kier molecular flexibility index (Phi) is 4.06. The summed E-state index contributed by atoms with van der Waals surface area (Å²) in [5, 5.41) is 4.09. The second kappa shape index (κ2) is 5.75. The van der Waals surface area contributed by atoms with Crippen molar-refractivity contribution in [1.82, 2.24) is 9.55 Å². The summed E-state index contributed by atoms with van der Waals surface area (Å²) in [6, 6.07) is 2.05. The standard InChI is InChI=1S/C12H15N3OS/c13-4-5-15-7-11(14-9-15)12(16)2-1-10-3-6-17-8-10/h3,6-9H,1-2,4-5,13H2. The average molecular weight is 249 g/mol. The minimum absolute atomic E-state index is 0.0898. The molecular weight excluding hydrogens is 234 g/mol. The number of rotatable bonds is 6. The number of aromatic nitrogens is 2. The Hall–Kier alpha value is -1.46. The molecule has 2 heterocycles. The van der Waals surface area contributed by atoms with E-state index in [1.165, 1.54) is 5.56 Å². The van der Waals surface area contributed by atoms with Gasteiger partial charge in [0.15, 0.2) is 5.78 Å². The van der Waals surface area contributed by atoms with Gasteiger partial charge in [0.1, 0.15) is 5.69 Å². The van der Waals surface area contributed by atoms with Gasteiger partial charge in [-0.15, -0.1) is 0 Å². The number of ketones is 1. The van der Waals surface area contributed by atoms with Crippen LogP contribution in [0.2, 0.25) is 0 Å². The van der Waals surface area contributed by atoms with Crippen LogP contribution in [0.15, 0.2) is 29.4 Å². The molecule has 2 aromatic heterocycles. The summed E-state index contributed by atoms with van der Waals surface area (Å²) in [5.74, 6) is 0.0898. The monoisotopic (exact) mass is 249 g/mol. The zero-order valence-electron chi connectivity index (χ0n) is 9.50. The van der Waals surface area contributed by atoms with Crippen molar-refractivity contribution in [1.29, 1.82) is 0 Å². The van der Waals surface area contributed by atoms with Gasteiger partial charge in [-0.1, -0.05) is 0 Å². The second-order valence-corrected chi connectivity index (χ2v) is 4.62. The number of imidazole rings is 1. The molecule has 2 aromatic rings. The van der Waals surface area contributed by atoms with Gasteiger partial charge in [-0.05, 0) is 28.8 Å². The highest BCUT2D eigenvalue weighted by Crippen LogP contribution is 2.10. The van der Waals surface area contributed by atoms with E-state index in [2.05, 4.69) is 10.4 Å². The molecule has 0 bridgehead atoms. The van der Waals surface area contributed by atoms with Gasteiger partial charge in [-0.2, -0.15) is 11.3 Å². The summed E-state index contributed by atoms with van der Waals surface area (Å²) < 4.78 is 1.85. The van der Waals surface area contributed by atoms with Crippen molar-refractivity contribution in [3.05, 3.63) is 40.6 Å². The highest BCUT2D eigenvalue weighted by Gasteiger charge is 2.09. The van der Waals surface area contributed by atoms with Gasteiger partial charge in [-0.3, -0.25) is 4.79 Å². The molecule has 0 saturated carbocycles. The van der Waals surface area contributed by atoms with Crippen molar-refractivity contribution in [3.63, 3.8) is 0 Å². The molecule has 2 N–H and O–H groups in total. The molecule has 90 valence electrons. The number of nitrogens with zero attached hydrogens (tertiary/aromatic N) is 2. The summed E-state index contributed by atoms with van der Waals surface area (Å²) in [5.41, 5.74) is 7.18. The van der Waals surface area contributed by atoms with Crippen LogP contribution < -0.4 is 5.73 Å². The van der Waals surface area contributed by atoms with Crippen molar-refractivity contribution < 1.29 is 4.79 Å². The number of carbonyl (C=O) groups is 1. The van der Waals surface area contributed by atoms with Gasteiger partial charge in [0.05, 0.1) is 6.33 Å². The SMILES string of the molecule is NCCn1cnc(C(=O)CCc2ccsc2)c1. The fraction of sp³-hybridized carbons (Fsp3) is 0.333. The van der Waals surface area contributed by atoms with E-state index in [4.69, 9.17) is 5.73 Å². The summed E-state index contributed by atoms with van der Waals surface area (Å²) in [4.78, 5) is 15.9.